The van der Waals surface area contributed by atoms with E-state index in [-0.39, 0.29) is 18.1 Å². The van der Waals surface area contributed by atoms with Crippen molar-refractivity contribution in [3.05, 3.63) is 11.3 Å². The van der Waals surface area contributed by atoms with Gasteiger partial charge in [-0.3, -0.25) is 9.59 Å². The van der Waals surface area contributed by atoms with Gasteiger partial charge in [0.15, 0.2) is 0 Å². The fourth-order valence-electron chi connectivity index (χ4n) is 2.09. The Labute approximate surface area is 135 Å². The smallest absolute Gasteiger partial charge is 0.352 e. The van der Waals surface area contributed by atoms with E-state index in [1.54, 1.807) is 14.0 Å². The van der Waals surface area contributed by atoms with Gasteiger partial charge in [-0.25, -0.2) is 9.48 Å². The number of nitrogens with one attached hydrogen (secondary N) is 1. The van der Waals surface area contributed by atoms with Crippen LogP contribution in [-0.2, 0) is 21.4 Å². The number of amides is 2. The minimum atomic E-state index is -1.19. The zero-order valence-corrected chi connectivity index (χ0v) is 13.6. The van der Waals surface area contributed by atoms with Crippen molar-refractivity contribution >= 4 is 29.5 Å². The number of nitrogens with zero attached hydrogens (tertiary/aromatic N) is 5. The summed E-state index contributed by atoms with van der Waals surface area (Å²) in [4.78, 5) is 35.6. The molecule has 1 aromatic heterocycles. The topological polar surface area (TPSA) is 130 Å². The van der Waals surface area contributed by atoms with Gasteiger partial charge in [-0.1, -0.05) is 11.8 Å². The van der Waals surface area contributed by atoms with Crippen molar-refractivity contribution in [3.8, 4) is 0 Å². The molecule has 124 valence electrons. The molecule has 23 heavy (non-hydrogen) atoms. The highest BCUT2D eigenvalue weighted by molar-refractivity contribution is 7.99. The molecule has 1 fully saturated rings. The highest BCUT2D eigenvalue weighted by atomic mass is 32.2. The number of rotatable bonds is 6. The quantitative estimate of drug-likeness (QED) is 0.383. The van der Waals surface area contributed by atoms with Crippen LogP contribution in [0.15, 0.2) is 16.4 Å². The maximum atomic E-state index is 12.0. The zero-order chi connectivity index (χ0) is 17.1. The summed E-state index contributed by atoms with van der Waals surface area (Å²) in [5, 5.41) is 23.4. The Balaban J connectivity index is 2.08. The van der Waals surface area contributed by atoms with Gasteiger partial charge in [-0.05, 0) is 22.9 Å². The van der Waals surface area contributed by atoms with Crippen LogP contribution < -0.4 is 5.32 Å². The number of carbonyl (C=O) groups is 3. The number of carboxylic acids is 1. The lowest BCUT2D eigenvalue weighted by molar-refractivity contribution is -0.148. The molecule has 0 saturated carbocycles. The van der Waals surface area contributed by atoms with Crippen LogP contribution >= 0.6 is 11.8 Å². The van der Waals surface area contributed by atoms with Gasteiger partial charge in [-0.2, -0.15) is 0 Å². The number of hydrogen-bond acceptors (Lipinski definition) is 7. The first kappa shape index (κ1) is 16.9. The largest absolute Gasteiger partial charge is 0.477 e. The van der Waals surface area contributed by atoms with Crippen molar-refractivity contribution in [2.24, 2.45) is 7.05 Å². The fourth-order valence-corrected chi connectivity index (χ4v) is 2.89. The highest BCUT2D eigenvalue weighted by Gasteiger charge is 2.41. The minimum Gasteiger partial charge on any atom is -0.477 e. The Hall–Kier alpha value is -2.43. The Kier molecular flexibility index (Phi) is 4.98. The van der Waals surface area contributed by atoms with Crippen LogP contribution in [0.5, 0.6) is 0 Å². The summed E-state index contributed by atoms with van der Waals surface area (Å²) in [6.45, 7) is 3.09. The van der Waals surface area contributed by atoms with Gasteiger partial charge in [0, 0.05) is 19.7 Å². The van der Waals surface area contributed by atoms with E-state index in [0.717, 1.165) is 4.90 Å². The van der Waals surface area contributed by atoms with Gasteiger partial charge in [0.05, 0.1) is 6.54 Å². The van der Waals surface area contributed by atoms with Crippen molar-refractivity contribution in [3.63, 3.8) is 0 Å². The standard InChI is InChI=1S/C12H16N6O4S/c1-6(5-23-12-14-15-16-17(12)3)9(11(21)22)18-4-8(10(18)20)13-7(2)19/h8H,4-5H2,1-3H3,(H,13,19)(H,21,22). The van der Waals surface area contributed by atoms with Gasteiger partial charge < -0.3 is 15.3 Å². The van der Waals surface area contributed by atoms with Gasteiger partial charge >= 0.3 is 5.97 Å². The molecule has 0 aromatic carbocycles. The molecule has 0 radical (unpaired) electrons. The third-order valence-electron chi connectivity index (χ3n) is 3.18. The van der Waals surface area contributed by atoms with Crippen LogP contribution in [0.3, 0.4) is 0 Å². The van der Waals surface area contributed by atoms with Gasteiger partial charge in [0.25, 0.3) is 5.91 Å². The van der Waals surface area contributed by atoms with Crippen LogP contribution in [-0.4, -0.2) is 66.3 Å². The molecule has 2 heterocycles. The van der Waals surface area contributed by atoms with E-state index < -0.39 is 17.9 Å². The molecule has 1 aliphatic rings. The summed E-state index contributed by atoms with van der Waals surface area (Å²) < 4.78 is 1.47. The number of hydrogen-bond donors (Lipinski definition) is 2. The predicted molar refractivity (Wildman–Crippen MR) is 79.2 cm³/mol. The van der Waals surface area contributed by atoms with Crippen LogP contribution in [0.2, 0.25) is 0 Å². The SMILES string of the molecule is CC(=O)NC1CN(C(C(=O)O)=C(C)CSc2nnnn2C)C1=O. The molecule has 2 N–H and O–H groups in total. The van der Waals surface area contributed by atoms with Crippen molar-refractivity contribution in [1.82, 2.24) is 30.4 Å². The lowest BCUT2D eigenvalue weighted by atomic mass is 10.0. The third kappa shape index (κ3) is 3.67. The number of carbonyl (C=O) groups excluding carboxylic acids is 2. The van der Waals surface area contributed by atoms with E-state index in [1.165, 1.54) is 23.4 Å². The number of aliphatic carboxylic acids is 1. The second kappa shape index (κ2) is 6.77. The number of likely N-dealkylation sites (tertiary alicyclic amines) is 1. The van der Waals surface area contributed by atoms with Crippen molar-refractivity contribution < 1.29 is 19.5 Å². The Morgan fingerprint density at radius 2 is 2.13 bits per heavy atom. The van der Waals surface area contributed by atoms with Gasteiger partial charge in [0.1, 0.15) is 11.7 Å². The van der Waals surface area contributed by atoms with Crippen LogP contribution in [0, 0.1) is 0 Å². The molecule has 1 unspecified atom stereocenters. The first-order chi connectivity index (χ1) is 10.8. The van der Waals surface area contributed by atoms with E-state index in [9.17, 15) is 19.5 Å². The molecule has 1 aromatic rings. The van der Waals surface area contributed by atoms with E-state index in [4.69, 9.17) is 0 Å². The summed E-state index contributed by atoms with van der Waals surface area (Å²) in [5.41, 5.74) is 0.444. The fraction of sp³-hybridized carbons (Fsp3) is 0.500. The molecule has 0 bridgehead atoms. The molecule has 1 atom stereocenters. The summed E-state index contributed by atoms with van der Waals surface area (Å²) in [5.74, 6) is -1.62. The molecule has 1 aliphatic heterocycles. The lowest BCUT2D eigenvalue weighted by Gasteiger charge is -2.39. The zero-order valence-electron chi connectivity index (χ0n) is 12.8. The number of β-lactam (4-membered cyclic amide) rings is 1. The Morgan fingerprint density at radius 3 is 2.61 bits per heavy atom. The maximum Gasteiger partial charge on any atom is 0.352 e. The molecule has 0 aliphatic carbocycles. The summed E-state index contributed by atoms with van der Waals surface area (Å²) >= 11 is 1.27. The van der Waals surface area contributed by atoms with Crippen LogP contribution in [0.4, 0.5) is 0 Å². The third-order valence-corrected chi connectivity index (χ3v) is 4.36. The number of carboxylic acid groups (broad SMARTS) is 1. The van der Waals surface area contributed by atoms with Gasteiger partial charge in [0.2, 0.25) is 11.1 Å². The van der Waals surface area contributed by atoms with Crippen LogP contribution in [0.25, 0.3) is 0 Å². The van der Waals surface area contributed by atoms with Crippen molar-refractivity contribution in [1.29, 1.82) is 0 Å². The minimum absolute atomic E-state index is 0.0702. The number of thioether (sulfide) groups is 1. The maximum absolute atomic E-state index is 12.0. The molecular formula is C12H16N6O4S. The first-order valence-electron chi connectivity index (χ1n) is 6.68. The van der Waals surface area contributed by atoms with Crippen LogP contribution in [0.1, 0.15) is 13.8 Å². The number of aromatic nitrogens is 4. The molecule has 10 nitrogen and oxygen atoms in total. The molecular weight excluding hydrogens is 324 g/mol. The number of tetrazole rings is 1. The number of aryl methyl sites for hydroxylation is 1. The summed E-state index contributed by atoms with van der Waals surface area (Å²) in [7, 11) is 1.68. The molecule has 2 amide bonds. The summed E-state index contributed by atoms with van der Waals surface area (Å²) in [6.07, 6.45) is 0. The Bertz CT molecular complexity index is 685. The van der Waals surface area contributed by atoms with E-state index in [2.05, 4.69) is 20.8 Å². The Morgan fingerprint density at radius 1 is 1.43 bits per heavy atom. The van der Waals surface area contributed by atoms with Gasteiger partial charge in [-0.15, -0.1) is 5.10 Å². The van der Waals surface area contributed by atoms with Crippen molar-refractivity contribution in [2.45, 2.75) is 25.0 Å². The normalized spacial score (nSPS) is 18.3. The second-order valence-electron chi connectivity index (χ2n) is 5.01. The van der Waals surface area contributed by atoms with E-state index >= 15 is 0 Å². The lowest BCUT2D eigenvalue weighted by Crippen LogP contribution is -2.63. The predicted octanol–water partition coefficient (Wildman–Crippen LogP) is -0.992. The molecule has 11 heteroatoms. The highest BCUT2D eigenvalue weighted by Crippen LogP contribution is 2.24. The molecule has 0 spiro atoms. The molecule has 2 rings (SSSR count). The monoisotopic (exact) mass is 340 g/mol. The average Bonchev–Trinajstić information content (AvgIpc) is 2.88. The van der Waals surface area contributed by atoms with Crippen molar-refractivity contribution in [2.75, 3.05) is 12.3 Å². The van der Waals surface area contributed by atoms with E-state index in [1.807, 2.05) is 0 Å². The average molecular weight is 340 g/mol. The first-order valence-corrected chi connectivity index (χ1v) is 7.66. The summed E-state index contributed by atoms with van der Waals surface area (Å²) in [6, 6.07) is -0.662. The molecule has 1 saturated heterocycles. The second-order valence-corrected chi connectivity index (χ2v) is 5.95. The van der Waals surface area contributed by atoms with E-state index in [0.29, 0.717) is 16.5 Å².